The van der Waals surface area contributed by atoms with Crippen molar-refractivity contribution in [2.24, 2.45) is 0 Å². The second-order valence-electron chi connectivity index (χ2n) is 5.28. The molecule has 0 aliphatic heterocycles. The number of phenolic OH excluding ortho intramolecular Hbond substituents is 1. The van der Waals surface area contributed by atoms with E-state index in [0.29, 0.717) is 11.1 Å². The standard InChI is InChI=1S/C19H26O3/c1-4-6-8-10-14(3)16-13-12-15(11-9-7-5-2)17(18(16)20)19(21)22/h4,6,8,10,12-13,19-22H,3,5,7,9,11H2,1-2H3/b6-4-,10-8-. The molecule has 1 aromatic carbocycles. The molecule has 1 rings (SSSR count). The molecule has 0 unspecified atom stereocenters. The van der Waals surface area contributed by atoms with Gasteiger partial charge in [0.1, 0.15) is 5.75 Å². The molecule has 0 saturated carbocycles. The molecule has 0 aliphatic carbocycles. The van der Waals surface area contributed by atoms with Crippen LogP contribution in [-0.4, -0.2) is 15.3 Å². The fraction of sp³-hybridized carbons (Fsp3) is 0.368. The summed E-state index contributed by atoms with van der Waals surface area (Å²) in [6, 6.07) is 3.62. The lowest BCUT2D eigenvalue weighted by Crippen LogP contribution is -2.03. The number of aryl methyl sites for hydroxylation is 1. The highest BCUT2D eigenvalue weighted by atomic mass is 16.5. The number of aliphatic hydroxyl groups is 2. The molecule has 3 heteroatoms. The van der Waals surface area contributed by atoms with Crippen LogP contribution in [0.25, 0.3) is 5.57 Å². The van der Waals surface area contributed by atoms with E-state index in [9.17, 15) is 15.3 Å². The summed E-state index contributed by atoms with van der Waals surface area (Å²) >= 11 is 0. The molecule has 0 bridgehead atoms. The van der Waals surface area contributed by atoms with Gasteiger partial charge in [0, 0.05) is 5.56 Å². The quantitative estimate of drug-likeness (QED) is 0.382. The van der Waals surface area contributed by atoms with E-state index in [4.69, 9.17) is 0 Å². The van der Waals surface area contributed by atoms with Crippen molar-refractivity contribution in [3.8, 4) is 5.75 Å². The lowest BCUT2D eigenvalue weighted by Gasteiger charge is -2.16. The fourth-order valence-electron chi connectivity index (χ4n) is 2.35. The van der Waals surface area contributed by atoms with Crippen molar-refractivity contribution in [2.75, 3.05) is 0 Å². The normalized spacial score (nSPS) is 11.9. The first-order valence-corrected chi connectivity index (χ1v) is 7.72. The van der Waals surface area contributed by atoms with Crippen LogP contribution < -0.4 is 0 Å². The summed E-state index contributed by atoms with van der Waals surface area (Å²) in [5.74, 6) is -0.0980. The zero-order valence-corrected chi connectivity index (χ0v) is 13.4. The van der Waals surface area contributed by atoms with Crippen molar-refractivity contribution in [2.45, 2.75) is 45.8 Å². The van der Waals surface area contributed by atoms with Crippen molar-refractivity contribution < 1.29 is 15.3 Å². The molecule has 0 heterocycles. The molecule has 1 aromatic rings. The summed E-state index contributed by atoms with van der Waals surface area (Å²) in [5, 5.41) is 29.6. The Morgan fingerprint density at radius 1 is 1.23 bits per heavy atom. The third kappa shape index (κ3) is 4.86. The van der Waals surface area contributed by atoms with E-state index in [1.54, 1.807) is 12.1 Å². The first-order valence-electron chi connectivity index (χ1n) is 7.72. The van der Waals surface area contributed by atoms with Gasteiger partial charge in [-0.05, 0) is 30.9 Å². The van der Waals surface area contributed by atoms with E-state index in [0.717, 1.165) is 31.2 Å². The SMILES string of the molecule is C=C(/C=C\C=C/C)c1ccc(CCCCC)c(C(O)O)c1O. The van der Waals surface area contributed by atoms with Crippen LogP contribution in [0.4, 0.5) is 0 Å². The molecule has 3 nitrogen and oxygen atoms in total. The molecule has 0 fully saturated rings. The van der Waals surface area contributed by atoms with E-state index in [1.165, 1.54) is 0 Å². The summed E-state index contributed by atoms with van der Waals surface area (Å²) in [6.07, 6.45) is 9.50. The van der Waals surface area contributed by atoms with Crippen LogP contribution in [0.3, 0.4) is 0 Å². The first kappa shape index (κ1) is 18.2. The van der Waals surface area contributed by atoms with Crippen molar-refractivity contribution in [3.05, 3.63) is 59.7 Å². The Morgan fingerprint density at radius 3 is 2.55 bits per heavy atom. The lowest BCUT2D eigenvalue weighted by atomic mass is 9.94. The monoisotopic (exact) mass is 302 g/mol. The molecule has 0 spiro atoms. The van der Waals surface area contributed by atoms with E-state index in [1.807, 2.05) is 31.2 Å². The predicted molar refractivity (Wildman–Crippen MR) is 91.5 cm³/mol. The van der Waals surface area contributed by atoms with Crippen LogP contribution in [0.2, 0.25) is 0 Å². The Hall–Kier alpha value is -1.84. The predicted octanol–water partition coefficient (Wildman–Crippen LogP) is 4.25. The van der Waals surface area contributed by atoms with Gasteiger partial charge >= 0.3 is 0 Å². The molecular weight excluding hydrogens is 276 g/mol. The maximum Gasteiger partial charge on any atom is 0.182 e. The Bertz CT molecular complexity index is 554. The van der Waals surface area contributed by atoms with Crippen LogP contribution in [-0.2, 0) is 6.42 Å². The average Bonchev–Trinajstić information content (AvgIpc) is 2.47. The molecule has 22 heavy (non-hydrogen) atoms. The molecular formula is C19H26O3. The summed E-state index contributed by atoms with van der Waals surface area (Å²) in [7, 11) is 0. The minimum atomic E-state index is -1.69. The van der Waals surface area contributed by atoms with Crippen LogP contribution in [0.15, 0.2) is 43.0 Å². The highest BCUT2D eigenvalue weighted by Gasteiger charge is 2.18. The summed E-state index contributed by atoms with van der Waals surface area (Å²) in [5.41, 5.74) is 2.10. The Labute approximate surface area is 132 Å². The fourth-order valence-corrected chi connectivity index (χ4v) is 2.35. The summed E-state index contributed by atoms with van der Waals surface area (Å²) in [4.78, 5) is 0. The number of benzene rings is 1. The molecule has 0 atom stereocenters. The van der Waals surface area contributed by atoms with Gasteiger partial charge in [-0.1, -0.05) is 62.8 Å². The van der Waals surface area contributed by atoms with Gasteiger partial charge in [-0.3, -0.25) is 0 Å². The zero-order chi connectivity index (χ0) is 16.5. The van der Waals surface area contributed by atoms with Gasteiger partial charge in [-0.25, -0.2) is 0 Å². The second kappa shape index (κ2) is 9.23. The number of unbranched alkanes of at least 4 members (excludes halogenated alkanes) is 2. The van der Waals surface area contributed by atoms with Gasteiger partial charge in [0.25, 0.3) is 0 Å². The molecule has 3 N–H and O–H groups in total. The third-order valence-electron chi connectivity index (χ3n) is 3.56. The zero-order valence-electron chi connectivity index (χ0n) is 13.4. The lowest BCUT2D eigenvalue weighted by molar-refractivity contribution is -0.0445. The smallest absolute Gasteiger partial charge is 0.182 e. The van der Waals surface area contributed by atoms with Gasteiger partial charge in [0.05, 0.1) is 5.56 Å². The molecule has 0 saturated heterocycles. The van der Waals surface area contributed by atoms with Crippen LogP contribution in [0.5, 0.6) is 5.75 Å². The Kier molecular flexibility index (Phi) is 7.64. The maximum atomic E-state index is 10.4. The summed E-state index contributed by atoms with van der Waals surface area (Å²) in [6.45, 7) is 7.95. The first-order chi connectivity index (χ1) is 10.5. The van der Waals surface area contributed by atoms with Crippen LogP contribution in [0, 0.1) is 0 Å². The number of aliphatic hydroxyl groups excluding tert-OH is 1. The number of allylic oxidation sites excluding steroid dienone is 5. The van der Waals surface area contributed by atoms with Crippen molar-refractivity contribution >= 4 is 5.57 Å². The second-order valence-corrected chi connectivity index (χ2v) is 5.28. The number of hydrogen-bond acceptors (Lipinski definition) is 3. The Morgan fingerprint density at radius 2 is 1.95 bits per heavy atom. The van der Waals surface area contributed by atoms with E-state index < -0.39 is 6.29 Å². The summed E-state index contributed by atoms with van der Waals surface area (Å²) < 4.78 is 0. The van der Waals surface area contributed by atoms with Crippen molar-refractivity contribution in [3.63, 3.8) is 0 Å². The van der Waals surface area contributed by atoms with Crippen LogP contribution in [0.1, 0.15) is 56.1 Å². The van der Waals surface area contributed by atoms with Gasteiger partial charge < -0.3 is 15.3 Å². The molecule has 120 valence electrons. The molecule has 0 aliphatic rings. The van der Waals surface area contributed by atoms with Gasteiger partial charge in [-0.15, -0.1) is 0 Å². The highest BCUT2D eigenvalue weighted by molar-refractivity contribution is 5.77. The number of rotatable bonds is 8. The largest absolute Gasteiger partial charge is 0.507 e. The van der Waals surface area contributed by atoms with Crippen molar-refractivity contribution in [1.82, 2.24) is 0 Å². The van der Waals surface area contributed by atoms with E-state index >= 15 is 0 Å². The van der Waals surface area contributed by atoms with Gasteiger partial charge in [0.15, 0.2) is 6.29 Å². The minimum absolute atomic E-state index is 0.0980. The average molecular weight is 302 g/mol. The van der Waals surface area contributed by atoms with Crippen molar-refractivity contribution in [1.29, 1.82) is 0 Å². The number of phenols is 1. The van der Waals surface area contributed by atoms with E-state index in [2.05, 4.69) is 13.5 Å². The molecule has 0 radical (unpaired) electrons. The molecule has 0 amide bonds. The number of hydrogen-bond donors (Lipinski definition) is 3. The minimum Gasteiger partial charge on any atom is -0.507 e. The molecule has 0 aromatic heterocycles. The topological polar surface area (TPSA) is 60.7 Å². The van der Waals surface area contributed by atoms with Crippen LogP contribution >= 0.6 is 0 Å². The maximum absolute atomic E-state index is 10.4. The van der Waals surface area contributed by atoms with Gasteiger partial charge in [-0.2, -0.15) is 0 Å². The third-order valence-corrected chi connectivity index (χ3v) is 3.56. The van der Waals surface area contributed by atoms with Gasteiger partial charge in [0.2, 0.25) is 0 Å². The van der Waals surface area contributed by atoms with E-state index in [-0.39, 0.29) is 11.3 Å². The number of aromatic hydroxyl groups is 1. The highest BCUT2D eigenvalue weighted by Crippen LogP contribution is 2.35. The Balaban J connectivity index is 3.12.